The SMILES string of the molecule is Cc1cn(-c2ccc(C=C3CC4(CC4)CN(C(CN(C)N)c4cc(F)cc(Cl)c4)C3=O)c3ncoc23)cn1. The van der Waals surface area contributed by atoms with Gasteiger partial charge in [0.2, 0.25) is 5.91 Å². The van der Waals surface area contributed by atoms with Crippen molar-refractivity contribution in [2.45, 2.75) is 32.2 Å². The third kappa shape index (κ3) is 4.62. The molecular weight excluding hydrogens is 507 g/mol. The molecule has 2 aromatic carbocycles. The van der Waals surface area contributed by atoms with Crippen LogP contribution >= 0.6 is 11.6 Å². The number of halogens is 2. The highest BCUT2D eigenvalue weighted by molar-refractivity contribution is 6.30. The molecule has 1 spiro atoms. The largest absolute Gasteiger partial charge is 0.441 e. The maximum atomic E-state index is 14.3. The number of carbonyl (C=O) groups excluding carboxylic acids is 1. The number of aryl methyl sites for hydroxylation is 1. The number of amides is 1. The summed E-state index contributed by atoms with van der Waals surface area (Å²) in [6, 6.07) is 7.84. The fourth-order valence-corrected chi connectivity index (χ4v) is 5.70. The summed E-state index contributed by atoms with van der Waals surface area (Å²) >= 11 is 6.19. The van der Waals surface area contributed by atoms with Gasteiger partial charge in [-0.25, -0.2) is 19.4 Å². The Bertz CT molecular complexity index is 1550. The second-order valence-electron chi connectivity index (χ2n) is 10.6. The van der Waals surface area contributed by atoms with E-state index in [-0.39, 0.29) is 16.3 Å². The molecule has 1 unspecified atom stereocenters. The van der Waals surface area contributed by atoms with E-state index in [0.29, 0.717) is 41.7 Å². The number of benzene rings is 2. The van der Waals surface area contributed by atoms with Crippen molar-refractivity contribution in [3.05, 3.63) is 82.5 Å². The van der Waals surface area contributed by atoms with Gasteiger partial charge in [0.25, 0.3) is 0 Å². The van der Waals surface area contributed by atoms with Gasteiger partial charge in [0.15, 0.2) is 12.0 Å². The summed E-state index contributed by atoms with van der Waals surface area (Å²) in [4.78, 5) is 24.6. The third-order valence-electron chi connectivity index (χ3n) is 7.48. The number of oxazole rings is 1. The maximum absolute atomic E-state index is 14.3. The Balaban J connectivity index is 1.40. The van der Waals surface area contributed by atoms with E-state index in [1.54, 1.807) is 19.4 Å². The van der Waals surface area contributed by atoms with Gasteiger partial charge in [-0.3, -0.25) is 10.6 Å². The quantitative estimate of drug-likeness (QED) is 0.211. The number of likely N-dealkylation sites (tertiary alicyclic amines) is 1. The minimum atomic E-state index is -0.453. The summed E-state index contributed by atoms with van der Waals surface area (Å²) < 4.78 is 22.0. The number of piperidine rings is 1. The van der Waals surface area contributed by atoms with Gasteiger partial charge in [0, 0.05) is 42.5 Å². The van der Waals surface area contributed by atoms with Crippen molar-refractivity contribution in [2.24, 2.45) is 11.3 Å². The average molecular weight is 535 g/mol. The Kier molecular flexibility index (Phi) is 6.09. The zero-order chi connectivity index (χ0) is 26.6. The third-order valence-corrected chi connectivity index (χ3v) is 7.70. The number of nitrogens with two attached hydrogens (primary N) is 1. The molecule has 38 heavy (non-hydrogen) atoms. The zero-order valence-corrected chi connectivity index (χ0v) is 22.0. The van der Waals surface area contributed by atoms with Crippen LogP contribution in [0, 0.1) is 18.2 Å². The molecule has 2 fully saturated rings. The van der Waals surface area contributed by atoms with Crippen molar-refractivity contribution in [1.82, 2.24) is 24.4 Å². The van der Waals surface area contributed by atoms with Gasteiger partial charge < -0.3 is 13.9 Å². The van der Waals surface area contributed by atoms with Crippen LogP contribution in [-0.2, 0) is 4.79 Å². The van der Waals surface area contributed by atoms with E-state index >= 15 is 0 Å². The first-order valence-electron chi connectivity index (χ1n) is 12.5. The van der Waals surface area contributed by atoms with Crippen molar-refractivity contribution in [3.63, 3.8) is 0 Å². The van der Waals surface area contributed by atoms with Gasteiger partial charge in [0.05, 0.1) is 23.8 Å². The minimum Gasteiger partial charge on any atom is -0.441 e. The van der Waals surface area contributed by atoms with E-state index in [4.69, 9.17) is 21.9 Å². The molecule has 2 N–H and O–H groups in total. The molecule has 4 aromatic rings. The molecule has 1 amide bonds. The highest BCUT2D eigenvalue weighted by Crippen LogP contribution is 2.55. The number of carbonyl (C=O) groups is 1. The number of hydrazine groups is 1. The van der Waals surface area contributed by atoms with Crippen LogP contribution < -0.4 is 5.84 Å². The van der Waals surface area contributed by atoms with Crippen LogP contribution in [0.3, 0.4) is 0 Å². The number of hydrogen-bond donors (Lipinski definition) is 1. The summed E-state index contributed by atoms with van der Waals surface area (Å²) in [6.07, 6.45) is 9.73. The number of aromatic nitrogens is 3. The van der Waals surface area contributed by atoms with Crippen LogP contribution in [-0.4, -0.2) is 50.5 Å². The Hall–Kier alpha value is -3.53. The molecule has 6 rings (SSSR count). The van der Waals surface area contributed by atoms with E-state index in [1.807, 2.05) is 40.8 Å². The highest BCUT2D eigenvalue weighted by Gasteiger charge is 2.51. The highest BCUT2D eigenvalue weighted by atomic mass is 35.5. The Labute approximate surface area is 224 Å². The molecule has 1 saturated carbocycles. The Morgan fingerprint density at radius 3 is 2.79 bits per heavy atom. The van der Waals surface area contributed by atoms with Crippen LogP contribution in [0.5, 0.6) is 0 Å². The van der Waals surface area contributed by atoms with Gasteiger partial charge in [-0.05, 0) is 67.5 Å². The molecule has 3 heterocycles. The topological polar surface area (TPSA) is 93.4 Å². The monoisotopic (exact) mass is 534 g/mol. The fourth-order valence-electron chi connectivity index (χ4n) is 5.47. The minimum absolute atomic E-state index is 0.0134. The molecule has 2 aromatic heterocycles. The number of rotatable bonds is 6. The fraction of sp³-hybridized carbons (Fsp3) is 0.321. The Morgan fingerprint density at radius 2 is 2.11 bits per heavy atom. The smallest absolute Gasteiger partial charge is 0.250 e. The van der Waals surface area contributed by atoms with Crippen molar-refractivity contribution in [3.8, 4) is 5.69 Å². The Morgan fingerprint density at radius 1 is 1.29 bits per heavy atom. The molecule has 8 nitrogen and oxygen atoms in total. The number of hydrogen-bond acceptors (Lipinski definition) is 6. The van der Waals surface area contributed by atoms with Crippen LogP contribution in [0.4, 0.5) is 4.39 Å². The molecule has 196 valence electrons. The second-order valence-corrected chi connectivity index (χ2v) is 11.0. The van der Waals surface area contributed by atoms with Crippen LogP contribution in [0.1, 0.15) is 42.1 Å². The van der Waals surface area contributed by atoms with Gasteiger partial charge in [-0.15, -0.1) is 0 Å². The van der Waals surface area contributed by atoms with Crippen LogP contribution in [0.25, 0.3) is 22.9 Å². The van der Waals surface area contributed by atoms with Gasteiger partial charge >= 0.3 is 0 Å². The first-order valence-corrected chi connectivity index (χ1v) is 12.9. The lowest BCUT2D eigenvalue weighted by atomic mass is 9.87. The molecule has 1 aliphatic carbocycles. The van der Waals surface area contributed by atoms with Crippen molar-refractivity contribution >= 4 is 34.7 Å². The predicted molar refractivity (Wildman–Crippen MR) is 143 cm³/mol. The lowest BCUT2D eigenvalue weighted by Gasteiger charge is -2.41. The van der Waals surface area contributed by atoms with E-state index in [9.17, 15) is 9.18 Å². The van der Waals surface area contributed by atoms with Crippen LogP contribution in [0.2, 0.25) is 5.02 Å². The normalized spacial score (nSPS) is 18.7. The molecule has 2 aliphatic rings. The maximum Gasteiger partial charge on any atom is 0.250 e. The summed E-state index contributed by atoms with van der Waals surface area (Å²) in [5, 5.41) is 1.80. The van der Waals surface area contributed by atoms with Crippen molar-refractivity contribution in [2.75, 3.05) is 20.1 Å². The van der Waals surface area contributed by atoms with E-state index in [0.717, 1.165) is 29.8 Å². The van der Waals surface area contributed by atoms with Gasteiger partial charge in [-0.2, -0.15) is 0 Å². The summed E-state index contributed by atoms with van der Waals surface area (Å²) in [5.41, 5.74) is 5.14. The number of nitrogens with zero attached hydrogens (tertiary/aromatic N) is 5. The van der Waals surface area contributed by atoms with Crippen molar-refractivity contribution in [1.29, 1.82) is 0 Å². The predicted octanol–water partition coefficient (Wildman–Crippen LogP) is 5.06. The first kappa shape index (κ1) is 24.8. The lowest BCUT2D eigenvalue weighted by Crippen LogP contribution is -2.48. The van der Waals surface area contributed by atoms with E-state index < -0.39 is 11.9 Å². The second kappa shape index (κ2) is 9.34. The summed E-state index contributed by atoms with van der Waals surface area (Å²) in [7, 11) is 1.73. The van der Waals surface area contributed by atoms with Crippen molar-refractivity contribution < 1.29 is 13.6 Å². The first-order chi connectivity index (χ1) is 18.2. The van der Waals surface area contributed by atoms with Gasteiger partial charge in [0.1, 0.15) is 11.3 Å². The number of imidazole rings is 1. The zero-order valence-electron chi connectivity index (χ0n) is 21.2. The molecule has 1 aliphatic heterocycles. The standard InChI is InChI=1S/C28H28ClFN6O2/c1-17-12-35(15-32-17)23-4-3-18(25-26(23)38-16-33-25)7-20-11-28(5-6-28)14-36(27(20)37)24(13-34(2)31)19-8-21(29)10-22(30)9-19/h3-4,7-10,12,15-16,24H,5-6,11,13-14,31H2,1-2H3. The lowest BCUT2D eigenvalue weighted by molar-refractivity contribution is -0.133. The van der Waals surface area contributed by atoms with E-state index in [1.165, 1.54) is 23.5 Å². The molecule has 10 heteroatoms. The molecule has 0 radical (unpaired) electrons. The van der Waals surface area contributed by atoms with Crippen LogP contribution in [0.15, 0.2) is 59.2 Å². The summed E-state index contributed by atoms with van der Waals surface area (Å²) in [6.45, 7) is 2.85. The van der Waals surface area contributed by atoms with E-state index in [2.05, 4.69) is 9.97 Å². The van der Waals surface area contributed by atoms with Gasteiger partial charge in [-0.1, -0.05) is 17.7 Å². The number of likely N-dealkylation sites (N-methyl/N-ethyl adjacent to an activating group) is 1. The molecule has 1 saturated heterocycles. The molecule has 0 bridgehead atoms. The molecular formula is C28H28ClFN6O2. The summed E-state index contributed by atoms with van der Waals surface area (Å²) in [5.74, 6) is 5.50. The number of fused-ring (bicyclic) bond motifs is 1. The average Bonchev–Trinajstić information content (AvgIpc) is 3.22. The molecule has 1 atom stereocenters.